The van der Waals surface area contributed by atoms with Crippen LogP contribution in [0.3, 0.4) is 0 Å². The molecule has 0 saturated heterocycles. The molecule has 0 saturated carbocycles. The van der Waals surface area contributed by atoms with Crippen LogP contribution in [0.5, 0.6) is 0 Å². The number of nitrogens with one attached hydrogen (secondary N) is 1. The lowest BCUT2D eigenvalue weighted by Gasteiger charge is -2.18. The molecule has 0 radical (unpaired) electrons. The fraction of sp³-hybridized carbons (Fsp3) is 0.353. The standard InChI is InChI=1S/C17H21N7OS/c1-11-14(12(2)24(4)22-11)9-23(3)17(25)20-7-13-10-26-16(21-13)15-8-18-5-6-19-15/h5-6,8,10H,7,9H2,1-4H3,(H,20,25). The smallest absolute Gasteiger partial charge is 0.317 e. The first-order valence-corrected chi connectivity index (χ1v) is 9.02. The van der Waals surface area contributed by atoms with Gasteiger partial charge in [0.25, 0.3) is 0 Å². The van der Waals surface area contributed by atoms with E-state index in [1.54, 1.807) is 30.5 Å². The minimum absolute atomic E-state index is 0.151. The Kier molecular flexibility index (Phi) is 5.27. The third-order valence-corrected chi connectivity index (χ3v) is 5.07. The molecule has 3 rings (SSSR count). The summed E-state index contributed by atoms with van der Waals surface area (Å²) in [6.07, 6.45) is 4.93. The summed E-state index contributed by atoms with van der Waals surface area (Å²) in [5.41, 5.74) is 4.61. The maximum atomic E-state index is 12.4. The molecule has 0 bridgehead atoms. The number of aromatic nitrogens is 5. The van der Waals surface area contributed by atoms with Gasteiger partial charge < -0.3 is 10.2 Å². The number of thiazole rings is 1. The quantitative estimate of drug-likeness (QED) is 0.743. The van der Waals surface area contributed by atoms with Gasteiger partial charge in [-0.25, -0.2) is 9.78 Å². The first kappa shape index (κ1) is 18.0. The van der Waals surface area contributed by atoms with Gasteiger partial charge in [-0.05, 0) is 13.8 Å². The second-order valence-electron chi connectivity index (χ2n) is 6.02. The number of aryl methyl sites for hydroxylation is 2. The molecule has 3 heterocycles. The molecule has 1 N–H and O–H groups in total. The molecule has 0 unspecified atom stereocenters. The van der Waals surface area contributed by atoms with Crippen molar-refractivity contribution in [3.05, 3.63) is 46.6 Å². The molecule has 3 aromatic heterocycles. The van der Waals surface area contributed by atoms with Crippen LogP contribution in [0.15, 0.2) is 24.0 Å². The van der Waals surface area contributed by atoms with E-state index < -0.39 is 0 Å². The number of hydrogen-bond acceptors (Lipinski definition) is 6. The van der Waals surface area contributed by atoms with E-state index in [9.17, 15) is 4.79 Å². The van der Waals surface area contributed by atoms with Gasteiger partial charge in [-0.15, -0.1) is 11.3 Å². The molecule has 9 heteroatoms. The summed E-state index contributed by atoms with van der Waals surface area (Å²) in [5.74, 6) is 0. The molecule has 0 spiro atoms. The number of carbonyl (C=O) groups excluding carboxylic acids is 1. The van der Waals surface area contributed by atoms with Gasteiger partial charge in [0.2, 0.25) is 0 Å². The van der Waals surface area contributed by atoms with Gasteiger partial charge in [0.05, 0.1) is 30.7 Å². The molecule has 136 valence electrons. The Morgan fingerprint density at radius 1 is 1.35 bits per heavy atom. The second-order valence-corrected chi connectivity index (χ2v) is 6.88. The van der Waals surface area contributed by atoms with Gasteiger partial charge in [0.15, 0.2) is 0 Å². The summed E-state index contributed by atoms with van der Waals surface area (Å²) >= 11 is 1.48. The molecule has 8 nitrogen and oxygen atoms in total. The second kappa shape index (κ2) is 7.61. The predicted octanol–water partition coefficient (Wildman–Crippen LogP) is 2.29. The Balaban J connectivity index is 1.58. The fourth-order valence-electron chi connectivity index (χ4n) is 2.57. The summed E-state index contributed by atoms with van der Waals surface area (Å²) in [6.45, 7) is 4.84. The van der Waals surface area contributed by atoms with Crippen molar-refractivity contribution in [3.8, 4) is 10.7 Å². The van der Waals surface area contributed by atoms with Gasteiger partial charge in [0.1, 0.15) is 10.7 Å². The van der Waals surface area contributed by atoms with E-state index in [0.29, 0.717) is 13.1 Å². The molecule has 0 aromatic carbocycles. The monoisotopic (exact) mass is 371 g/mol. The van der Waals surface area contributed by atoms with Crippen LogP contribution < -0.4 is 5.32 Å². The number of amides is 2. The highest BCUT2D eigenvalue weighted by molar-refractivity contribution is 7.13. The molecule has 0 aliphatic carbocycles. The van der Waals surface area contributed by atoms with Crippen LogP contribution in [0, 0.1) is 13.8 Å². The van der Waals surface area contributed by atoms with E-state index in [0.717, 1.165) is 33.3 Å². The molecular weight excluding hydrogens is 350 g/mol. The summed E-state index contributed by atoms with van der Waals surface area (Å²) < 4.78 is 1.83. The molecule has 0 aliphatic heterocycles. The van der Waals surface area contributed by atoms with Gasteiger partial charge in [-0.3, -0.25) is 14.6 Å². The van der Waals surface area contributed by atoms with E-state index in [1.807, 2.05) is 31.0 Å². The van der Waals surface area contributed by atoms with Gasteiger partial charge in [-0.2, -0.15) is 5.10 Å². The number of rotatable bonds is 5. The Hall–Kier alpha value is -2.81. The molecule has 0 aliphatic rings. The summed E-state index contributed by atoms with van der Waals surface area (Å²) in [7, 11) is 3.68. The van der Waals surface area contributed by atoms with E-state index >= 15 is 0 Å². The Morgan fingerprint density at radius 2 is 2.15 bits per heavy atom. The van der Waals surface area contributed by atoms with Crippen molar-refractivity contribution in [2.75, 3.05) is 7.05 Å². The lowest BCUT2D eigenvalue weighted by Crippen LogP contribution is -2.36. The van der Waals surface area contributed by atoms with Crippen LogP contribution in [0.25, 0.3) is 10.7 Å². The van der Waals surface area contributed by atoms with E-state index in [-0.39, 0.29) is 6.03 Å². The van der Waals surface area contributed by atoms with Crippen molar-refractivity contribution in [3.63, 3.8) is 0 Å². The van der Waals surface area contributed by atoms with Crippen molar-refractivity contribution in [1.29, 1.82) is 0 Å². The van der Waals surface area contributed by atoms with Crippen LogP contribution in [0.4, 0.5) is 4.79 Å². The van der Waals surface area contributed by atoms with Crippen molar-refractivity contribution in [2.24, 2.45) is 7.05 Å². The summed E-state index contributed by atoms with van der Waals surface area (Å²) in [6, 6.07) is -0.151. The highest BCUT2D eigenvalue weighted by Gasteiger charge is 2.15. The largest absolute Gasteiger partial charge is 0.332 e. The van der Waals surface area contributed by atoms with Crippen molar-refractivity contribution < 1.29 is 4.79 Å². The highest BCUT2D eigenvalue weighted by atomic mass is 32.1. The van der Waals surface area contributed by atoms with Gasteiger partial charge in [-0.1, -0.05) is 0 Å². The maximum absolute atomic E-state index is 12.4. The number of hydrogen-bond donors (Lipinski definition) is 1. The summed E-state index contributed by atoms with van der Waals surface area (Å²) in [5, 5.41) is 9.99. The molecule has 2 amide bonds. The Morgan fingerprint density at radius 3 is 2.81 bits per heavy atom. The predicted molar refractivity (Wildman–Crippen MR) is 99.5 cm³/mol. The SMILES string of the molecule is Cc1nn(C)c(C)c1CN(C)C(=O)NCc1csc(-c2cnccn2)n1. The first-order valence-electron chi connectivity index (χ1n) is 8.14. The maximum Gasteiger partial charge on any atom is 0.317 e. The van der Waals surface area contributed by atoms with E-state index in [1.165, 1.54) is 11.3 Å². The van der Waals surface area contributed by atoms with Crippen LogP contribution >= 0.6 is 11.3 Å². The zero-order valence-electron chi connectivity index (χ0n) is 15.2. The Labute approximate surface area is 155 Å². The molecule has 26 heavy (non-hydrogen) atoms. The van der Waals surface area contributed by atoms with Crippen molar-refractivity contribution in [2.45, 2.75) is 26.9 Å². The number of carbonyl (C=O) groups is 1. The number of urea groups is 1. The van der Waals surface area contributed by atoms with Gasteiger partial charge in [0, 0.05) is 43.1 Å². The zero-order valence-corrected chi connectivity index (χ0v) is 16.0. The fourth-order valence-corrected chi connectivity index (χ4v) is 3.35. The average Bonchev–Trinajstić information content (AvgIpc) is 3.21. The third-order valence-electron chi connectivity index (χ3n) is 4.16. The van der Waals surface area contributed by atoms with Crippen molar-refractivity contribution >= 4 is 17.4 Å². The first-order chi connectivity index (χ1) is 12.5. The van der Waals surface area contributed by atoms with Crippen LogP contribution in [-0.4, -0.2) is 42.7 Å². The van der Waals surface area contributed by atoms with Crippen LogP contribution in [0.1, 0.15) is 22.6 Å². The molecule has 0 atom stereocenters. The minimum Gasteiger partial charge on any atom is -0.332 e. The Bertz CT molecular complexity index is 903. The normalized spacial score (nSPS) is 10.8. The van der Waals surface area contributed by atoms with Crippen LogP contribution in [0.2, 0.25) is 0 Å². The third kappa shape index (κ3) is 3.88. The number of nitrogens with zero attached hydrogens (tertiary/aromatic N) is 6. The van der Waals surface area contributed by atoms with Crippen molar-refractivity contribution in [1.82, 2.24) is 34.9 Å². The van der Waals surface area contributed by atoms with Crippen LogP contribution in [-0.2, 0) is 20.1 Å². The average molecular weight is 371 g/mol. The lowest BCUT2D eigenvalue weighted by atomic mass is 10.2. The minimum atomic E-state index is -0.151. The molecule has 3 aromatic rings. The molecule has 0 fully saturated rings. The topological polar surface area (TPSA) is 88.8 Å². The zero-order chi connectivity index (χ0) is 18.7. The van der Waals surface area contributed by atoms with E-state index in [2.05, 4.69) is 25.4 Å². The van der Waals surface area contributed by atoms with Gasteiger partial charge >= 0.3 is 6.03 Å². The van der Waals surface area contributed by atoms with E-state index in [4.69, 9.17) is 0 Å². The lowest BCUT2D eigenvalue weighted by molar-refractivity contribution is 0.206. The summed E-state index contributed by atoms with van der Waals surface area (Å²) in [4.78, 5) is 26.8. The highest BCUT2D eigenvalue weighted by Crippen LogP contribution is 2.20. The molecular formula is C17H21N7OS.